The van der Waals surface area contributed by atoms with E-state index < -0.39 is 0 Å². The number of benzene rings is 1. The third kappa shape index (κ3) is 5.63. The van der Waals surface area contributed by atoms with Gasteiger partial charge >= 0.3 is 0 Å². The van der Waals surface area contributed by atoms with E-state index in [2.05, 4.69) is 48.4 Å². The van der Waals surface area contributed by atoms with Crippen molar-refractivity contribution < 1.29 is 4.74 Å². The first-order valence-corrected chi connectivity index (χ1v) is 11.2. The highest BCUT2D eigenvalue weighted by atomic mass is 35.5. The topological polar surface area (TPSA) is 62.3 Å². The van der Waals surface area contributed by atoms with E-state index in [9.17, 15) is 0 Å². The van der Waals surface area contributed by atoms with Gasteiger partial charge in [0, 0.05) is 6.20 Å². The number of halogens is 2. The zero-order valence-electron chi connectivity index (χ0n) is 18.5. The molecule has 2 heterocycles. The molecule has 1 unspecified atom stereocenters. The van der Waals surface area contributed by atoms with Gasteiger partial charge in [0.1, 0.15) is 27.9 Å². The van der Waals surface area contributed by atoms with Gasteiger partial charge in [0.2, 0.25) is 0 Å². The number of hydrazine groups is 1. The number of rotatable bonds is 7. The molecule has 1 aromatic carbocycles. The normalized spacial score (nSPS) is 15.0. The lowest BCUT2D eigenvalue weighted by Gasteiger charge is -2.36. The summed E-state index contributed by atoms with van der Waals surface area (Å²) >= 11 is 12.9. The Labute approximate surface area is 194 Å². The first-order chi connectivity index (χ1) is 14.7. The molecule has 2 N–H and O–H groups in total. The summed E-state index contributed by atoms with van der Waals surface area (Å²) < 4.78 is 5.97. The smallest absolute Gasteiger partial charge is 0.165 e. The SMILES string of the molecule is CCc1ncnc(NC(CC)c2ccc(OC3=CNN(C(C)(C)C)C=C3Cl)cc2)c1Cl. The molecule has 0 amide bonds. The third-order valence-corrected chi connectivity index (χ3v) is 5.64. The number of ether oxygens (including phenoxy) is 1. The molecular formula is C23H29Cl2N5O. The third-order valence-electron chi connectivity index (χ3n) is 4.96. The number of nitrogens with one attached hydrogen (secondary N) is 2. The van der Waals surface area contributed by atoms with Crippen LogP contribution in [0.4, 0.5) is 5.82 Å². The number of nitrogens with zero attached hydrogens (tertiary/aromatic N) is 3. The standard InChI is InChI=1S/C23H29Cl2N5O/c1-6-18(29-22-21(25)19(7-2)26-14-27-22)15-8-10-16(11-9-15)31-20-12-28-30(13-17(20)24)23(3,4)5/h8-14,18,28H,6-7H2,1-5H3,(H,26,27,29). The Bertz CT molecular complexity index is 967. The molecular weight excluding hydrogens is 433 g/mol. The molecule has 166 valence electrons. The van der Waals surface area contributed by atoms with Gasteiger partial charge < -0.3 is 15.5 Å². The minimum absolute atomic E-state index is 0.0607. The fourth-order valence-electron chi connectivity index (χ4n) is 3.11. The maximum absolute atomic E-state index is 6.44. The molecule has 0 aliphatic carbocycles. The lowest BCUT2D eigenvalue weighted by atomic mass is 10.0. The van der Waals surface area contributed by atoms with E-state index in [1.165, 1.54) is 0 Å². The van der Waals surface area contributed by atoms with Crippen LogP contribution in [0.25, 0.3) is 0 Å². The molecule has 1 atom stereocenters. The summed E-state index contributed by atoms with van der Waals surface area (Å²) in [5.41, 5.74) is 5.04. The molecule has 0 spiro atoms. The Hall–Kier alpha value is -2.44. The molecule has 31 heavy (non-hydrogen) atoms. The lowest BCUT2D eigenvalue weighted by Crippen LogP contribution is -2.46. The Morgan fingerprint density at radius 1 is 1.13 bits per heavy atom. The van der Waals surface area contributed by atoms with Gasteiger partial charge in [-0.25, -0.2) is 9.97 Å². The van der Waals surface area contributed by atoms with Gasteiger partial charge in [-0.2, -0.15) is 0 Å². The van der Waals surface area contributed by atoms with Crippen LogP contribution in [0.5, 0.6) is 5.75 Å². The molecule has 0 radical (unpaired) electrons. The highest BCUT2D eigenvalue weighted by molar-refractivity contribution is 6.33. The summed E-state index contributed by atoms with van der Waals surface area (Å²) in [5, 5.41) is 6.48. The van der Waals surface area contributed by atoms with E-state index >= 15 is 0 Å². The van der Waals surface area contributed by atoms with Gasteiger partial charge in [-0.3, -0.25) is 5.01 Å². The quantitative estimate of drug-likeness (QED) is 0.513. The predicted octanol–water partition coefficient (Wildman–Crippen LogP) is 6.17. The van der Waals surface area contributed by atoms with Crippen molar-refractivity contribution in [3.05, 3.63) is 70.1 Å². The number of hydrogen-bond acceptors (Lipinski definition) is 6. The van der Waals surface area contributed by atoms with Crippen molar-refractivity contribution in [2.45, 2.75) is 59.0 Å². The van der Waals surface area contributed by atoms with E-state index in [1.54, 1.807) is 12.5 Å². The van der Waals surface area contributed by atoms with Crippen molar-refractivity contribution in [1.82, 2.24) is 20.4 Å². The Kier molecular flexibility index (Phi) is 7.34. The molecule has 0 fully saturated rings. The molecule has 8 heteroatoms. The molecule has 0 saturated heterocycles. The van der Waals surface area contributed by atoms with Crippen LogP contribution in [0.1, 0.15) is 58.3 Å². The van der Waals surface area contributed by atoms with E-state index in [4.69, 9.17) is 27.9 Å². The zero-order valence-corrected chi connectivity index (χ0v) is 20.1. The number of aromatic nitrogens is 2. The number of aryl methyl sites for hydroxylation is 1. The highest BCUT2D eigenvalue weighted by Gasteiger charge is 2.23. The molecule has 2 aromatic rings. The number of allylic oxidation sites excluding steroid dienone is 1. The van der Waals surface area contributed by atoms with Crippen LogP contribution < -0.4 is 15.5 Å². The monoisotopic (exact) mass is 461 g/mol. The van der Waals surface area contributed by atoms with E-state index in [0.29, 0.717) is 27.4 Å². The summed E-state index contributed by atoms with van der Waals surface area (Å²) in [6.07, 6.45) is 6.77. The summed E-state index contributed by atoms with van der Waals surface area (Å²) in [5.74, 6) is 1.93. The zero-order chi connectivity index (χ0) is 22.6. The van der Waals surface area contributed by atoms with Crippen molar-refractivity contribution in [2.24, 2.45) is 0 Å². The maximum Gasteiger partial charge on any atom is 0.165 e. The van der Waals surface area contributed by atoms with Crippen LogP contribution in [0.2, 0.25) is 5.02 Å². The van der Waals surface area contributed by atoms with Crippen molar-refractivity contribution in [3.63, 3.8) is 0 Å². The Balaban J connectivity index is 1.70. The van der Waals surface area contributed by atoms with Gasteiger partial charge in [-0.15, -0.1) is 0 Å². The van der Waals surface area contributed by atoms with Crippen LogP contribution in [-0.4, -0.2) is 20.5 Å². The Morgan fingerprint density at radius 3 is 2.42 bits per heavy atom. The molecule has 6 nitrogen and oxygen atoms in total. The van der Waals surface area contributed by atoms with Crippen molar-refractivity contribution in [2.75, 3.05) is 5.32 Å². The average molecular weight is 462 g/mol. The van der Waals surface area contributed by atoms with Crippen LogP contribution in [-0.2, 0) is 6.42 Å². The first kappa shape index (κ1) is 23.2. The van der Waals surface area contributed by atoms with Crippen LogP contribution in [0.15, 0.2) is 53.8 Å². The minimum atomic E-state index is -0.101. The molecule has 0 saturated carbocycles. The second kappa shape index (κ2) is 9.79. The van der Waals surface area contributed by atoms with Crippen molar-refractivity contribution in [3.8, 4) is 5.75 Å². The summed E-state index contributed by atoms with van der Waals surface area (Å²) in [4.78, 5) is 8.53. The second-order valence-corrected chi connectivity index (χ2v) is 9.05. The summed E-state index contributed by atoms with van der Waals surface area (Å²) in [6, 6.07) is 7.98. The molecule has 1 aliphatic heterocycles. The van der Waals surface area contributed by atoms with Crippen molar-refractivity contribution in [1.29, 1.82) is 0 Å². The molecule has 0 bridgehead atoms. The average Bonchev–Trinajstić information content (AvgIpc) is 2.74. The summed E-state index contributed by atoms with van der Waals surface area (Å²) in [6.45, 7) is 10.4. The van der Waals surface area contributed by atoms with Gasteiger partial charge in [-0.05, 0) is 51.3 Å². The van der Waals surface area contributed by atoms with Gasteiger partial charge in [0.15, 0.2) is 5.76 Å². The molecule has 1 aromatic heterocycles. The predicted molar refractivity (Wildman–Crippen MR) is 127 cm³/mol. The molecule has 1 aliphatic rings. The van der Waals surface area contributed by atoms with Crippen LogP contribution in [0.3, 0.4) is 0 Å². The summed E-state index contributed by atoms with van der Waals surface area (Å²) in [7, 11) is 0. The highest BCUT2D eigenvalue weighted by Crippen LogP contribution is 2.30. The largest absolute Gasteiger partial charge is 0.454 e. The fraction of sp³-hybridized carbons (Fsp3) is 0.391. The maximum atomic E-state index is 6.44. The minimum Gasteiger partial charge on any atom is -0.454 e. The van der Waals surface area contributed by atoms with E-state index in [0.717, 1.165) is 24.1 Å². The number of anilines is 1. The van der Waals surface area contributed by atoms with Crippen LogP contribution >= 0.6 is 23.2 Å². The van der Waals surface area contributed by atoms with Gasteiger partial charge in [0.25, 0.3) is 0 Å². The number of hydrogen-bond donors (Lipinski definition) is 2. The Morgan fingerprint density at radius 2 is 1.84 bits per heavy atom. The van der Waals surface area contributed by atoms with Gasteiger partial charge in [-0.1, -0.05) is 49.2 Å². The molecule has 3 rings (SSSR count). The first-order valence-electron chi connectivity index (χ1n) is 10.4. The lowest BCUT2D eigenvalue weighted by molar-refractivity contribution is 0.154. The van der Waals surface area contributed by atoms with E-state index in [-0.39, 0.29) is 11.6 Å². The second-order valence-electron chi connectivity index (χ2n) is 8.27. The van der Waals surface area contributed by atoms with E-state index in [1.807, 2.05) is 42.4 Å². The fourth-order valence-corrected chi connectivity index (χ4v) is 3.59. The van der Waals surface area contributed by atoms with Crippen molar-refractivity contribution >= 4 is 29.0 Å². The van der Waals surface area contributed by atoms with Gasteiger partial charge in [0.05, 0.1) is 23.5 Å². The van der Waals surface area contributed by atoms with Crippen LogP contribution in [0, 0.1) is 0 Å².